The Morgan fingerprint density at radius 1 is 1.43 bits per heavy atom. The number of ketones is 1. The fourth-order valence-electron chi connectivity index (χ4n) is 1.66. The number of anilines is 1. The van der Waals surface area contributed by atoms with E-state index in [1.807, 2.05) is 0 Å². The normalized spacial score (nSPS) is 17.1. The van der Waals surface area contributed by atoms with Gasteiger partial charge in [0.1, 0.15) is 0 Å². The van der Waals surface area contributed by atoms with Gasteiger partial charge in [0, 0.05) is 20.0 Å². The zero-order valence-electron chi connectivity index (χ0n) is 8.32. The largest absolute Gasteiger partial charge is 0.420 e. The van der Waals surface area contributed by atoms with Gasteiger partial charge in [0.25, 0.3) is 6.01 Å². The molecule has 0 radical (unpaired) electrons. The molecule has 1 saturated heterocycles. The Balaban J connectivity index is 2.11. The van der Waals surface area contributed by atoms with Crippen LogP contribution in [0.2, 0.25) is 0 Å². The summed E-state index contributed by atoms with van der Waals surface area (Å²) < 4.78 is 5.35. The average molecular weight is 194 g/mol. The predicted octanol–water partition coefficient (Wildman–Crippen LogP) is 1.87. The van der Waals surface area contributed by atoms with Crippen LogP contribution in [-0.4, -0.2) is 23.9 Å². The van der Waals surface area contributed by atoms with Crippen molar-refractivity contribution in [3.63, 3.8) is 0 Å². The van der Waals surface area contributed by atoms with Gasteiger partial charge in [-0.25, -0.2) is 4.98 Å². The van der Waals surface area contributed by atoms with E-state index in [0.717, 1.165) is 13.1 Å². The van der Waals surface area contributed by atoms with Crippen molar-refractivity contribution < 1.29 is 9.21 Å². The first-order valence-electron chi connectivity index (χ1n) is 4.99. The Bertz CT molecular complexity index is 327. The minimum atomic E-state index is -0.0687. The van der Waals surface area contributed by atoms with E-state index in [2.05, 4.69) is 9.88 Å². The second-order valence-corrected chi connectivity index (χ2v) is 3.61. The zero-order chi connectivity index (χ0) is 9.97. The summed E-state index contributed by atoms with van der Waals surface area (Å²) in [4.78, 5) is 17.2. The van der Waals surface area contributed by atoms with E-state index in [4.69, 9.17) is 4.42 Å². The molecular formula is C10H14N2O2. The van der Waals surface area contributed by atoms with Crippen LogP contribution in [0.4, 0.5) is 6.01 Å². The molecule has 1 aromatic rings. The van der Waals surface area contributed by atoms with E-state index in [-0.39, 0.29) is 5.78 Å². The number of carbonyl (C=O) groups is 1. The van der Waals surface area contributed by atoms with E-state index >= 15 is 0 Å². The summed E-state index contributed by atoms with van der Waals surface area (Å²) in [6.07, 6.45) is 5.14. The number of hydrogen-bond donors (Lipinski definition) is 0. The maximum atomic E-state index is 11.0. The van der Waals surface area contributed by atoms with Crippen molar-refractivity contribution in [2.24, 2.45) is 0 Å². The Labute approximate surface area is 82.9 Å². The van der Waals surface area contributed by atoms with Crippen LogP contribution in [0.15, 0.2) is 10.6 Å². The van der Waals surface area contributed by atoms with Crippen molar-refractivity contribution in [2.75, 3.05) is 18.0 Å². The molecule has 0 spiro atoms. The maximum Gasteiger partial charge on any atom is 0.297 e. The smallest absolute Gasteiger partial charge is 0.297 e. The molecule has 2 heterocycles. The van der Waals surface area contributed by atoms with Crippen LogP contribution < -0.4 is 4.90 Å². The summed E-state index contributed by atoms with van der Waals surface area (Å²) in [7, 11) is 0. The molecule has 0 aliphatic carbocycles. The topological polar surface area (TPSA) is 46.3 Å². The monoisotopic (exact) mass is 194 g/mol. The van der Waals surface area contributed by atoms with Crippen molar-refractivity contribution in [2.45, 2.75) is 26.2 Å². The molecule has 2 rings (SSSR count). The summed E-state index contributed by atoms with van der Waals surface area (Å²) in [6.45, 7) is 3.45. The fraction of sp³-hybridized carbons (Fsp3) is 0.600. The van der Waals surface area contributed by atoms with E-state index in [9.17, 15) is 4.79 Å². The number of rotatable bonds is 2. The molecule has 1 aromatic heterocycles. The Morgan fingerprint density at radius 2 is 2.14 bits per heavy atom. The highest BCUT2D eigenvalue weighted by Crippen LogP contribution is 2.19. The molecule has 0 amide bonds. The lowest BCUT2D eigenvalue weighted by Gasteiger charge is -2.24. The molecule has 1 aliphatic rings. The first-order chi connectivity index (χ1) is 6.77. The number of aromatic nitrogens is 1. The second kappa shape index (κ2) is 3.82. The Morgan fingerprint density at radius 3 is 2.71 bits per heavy atom. The number of carbonyl (C=O) groups excluding carboxylic acids is 1. The summed E-state index contributed by atoms with van der Waals surface area (Å²) in [6, 6.07) is 0.592. The van der Waals surface area contributed by atoms with Gasteiger partial charge in [-0.1, -0.05) is 0 Å². The van der Waals surface area contributed by atoms with Crippen LogP contribution in [0.5, 0.6) is 0 Å². The number of hydrogen-bond acceptors (Lipinski definition) is 4. The van der Waals surface area contributed by atoms with Gasteiger partial charge < -0.3 is 9.32 Å². The van der Waals surface area contributed by atoms with E-state index < -0.39 is 0 Å². The summed E-state index contributed by atoms with van der Waals surface area (Å²) in [5.74, 6) is 0.284. The molecule has 4 nitrogen and oxygen atoms in total. The van der Waals surface area contributed by atoms with Crippen LogP contribution in [-0.2, 0) is 0 Å². The van der Waals surface area contributed by atoms with E-state index in [1.165, 1.54) is 32.4 Å². The molecule has 14 heavy (non-hydrogen) atoms. The highest BCUT2D eigenvalue weighted by molar-refractivity contribution is 5.91. The molecule has 0 atom stereocenters. The van der Waals surface area contributed by atoms with Crippen LogP contribution in [0, 0.1) is 0 Å². The molecule has 1 aliphatic heterocycles. The Kier molecular flexibility index (Phi) is 2.52. The molecular weight excluding hydrogens is 180 g/mol. The SMILES string of the molecule is CC(=O)c1cnc(N2CCCCC2)o1. The molecule has 0 saturated carbocycles. The third kappa shape index (κ3) is 1.78. The van der Waals surface area contributed by atoms with Gasteiger partial charge in [-0.05, 0) is 19.3 Å². The first kappa shape index (κ1) is 9.24. The highest BCUT2D eigenvalue weighted by Gasteiger charge is 2.16. The predicted molar refractivity (Wildman–Crippen MR) is 52.6 cm³/mol. The average Bonchev–Trinajstić information content (AvgIpc) is 2.68. The van der Waals surface area contributed by atoms with Crippen molar-refractivity contribution in [1.82, 2.24) is 4.98 Å². The summed E-state index contributed by atoms with van der Waals surface area (Å²) in [5, 5.41) is 0. The molecule has 1 fully saturated rings. The third-order valence-electron chi connectivity index (χ3n) is 2.47. The lowest BCUT2D eigenvalue weighted by molar-refractivity contribution is 0.0987. The van der Waals surface area contributed by atoms with Crippen molar-refractivity contribution in [1.29, 1.82) is 0 Å². The van der Waals surface area contributed by atoms with Crippen LogP contribution in [0.3, 0.4) is 0 Å². The summed E-state index contributed by atoms with van der Waals surface area (Å²) >= 11 is 0. The van der Waals surface area contributed by atoms with Gasteiger partial charge in [0.05, 0.1) is 6.20 Å². The molecule has 0 unspecified atom stereocenters. The fourth-order valence-corrected chi connectivity index (χ4v) is 1.66. The van der Waals surface area contributed by atoms with Gasteiger partial charge in [0.15, 0.2) is 11.5 Å². The van der Waals surface area contributed by atoms with Gasteiger partial charge in [-0.3, -0.25) is 4.79 Å². The standard InChI is InChI=1S/C10H14N2O2/c1-8(13)9-7-11-10(14-9)12-5-3-2-4-6-12/h7H,2-6H2,1H3. The molecule has 0 aromatic carbocycles. The lowest BCUT2D eigenvalue weighted by atomic mass is 10.1. The quantitative estimate of drug-likeness (QED) is 0.674. The van der Waals surface area contributed by atoms with Gasteiger partial charge >= 0.3 is 0 Å². The van der Waals surface area contributed by atoms with Crippen LogP contribution in [0.25, 0.3) is 0 Å². The molecule has 76 valence electrons. The number of oxazole rings is 1. The van der Waals surface area contributed by atoms with Gasteiger partial charge in [-0.2, -0.15) is 0 Å². The lowest BCUT2D eigenvalue weighted by Crippen LogP contribution is -2.29. The van der Waals surface area contributed by atoms with Crippen molar-refractivity contribution in [3.05, 3.63) is 12.0 Å². The number of Topliss-reactive ketones (excluding diaryl/α,β-unsaturated/α-hetero) is 1. The molecule has 0 bridgehead atoms. The van der Waals surface area contributed by atoms with Crippen molar-refractivity contribution in [3.8, 4) is 0 Å². The molecule has 0 N–H and O–H groups in total. The maximum absolute atomic E-state index is 11.0. The second-order valence-electron chi connectivity index (χ2n) is 3.61. The number of nitrogens with zero attached hydrogens (tertiary/aromatic N) is 2. The minimum Gasteiger partial charge on any atom is -0.420 e. The first-order valence-corrected chi connectivity index (χ1v) is 4.99. The van der Waals surface area contributed by atoms with E-state index in [1.54, 1.807) is 0 Å². The van der Waals surface area contributed by atoms with Gasteiger partial charge in [-0.15, -0.1) is 0 Å². The minimum absolute atomic E-state index is 0.0687. The van der Waals surface area contributed by atoms with Crippen molar-refractivity contribution >= 4 is 11.8 Å². The number of piperidine rings is 1. The third-order valence-corrected chi connectivity index (χ3v) is 2.47. The Hall–Kier alpha value is -1.32. The highest BCUT2D eigenvalue weighted by atomic mass is 16.4. The summed E-state index contributed by atoms with van der Waals surface area (Å²) in [5.41, 5.74) is 0. The van der Waals surface area contributed by atoms with Crippen LogP contribution >= 0.6 is 0 Å². The van der Waals surface area contributed by atoms with E-state index in [0.29, 0.717) is 11.8 Å². The van der Waals surface area contributed by atoms with Gasteiger partial charge in [0.2, 0.25) is 0 Å². The van der Waals surface area contributed by atoms with Crippen LogP contribution in [0.1, 0.15) is 36.7 Å². The zero-order valence-corrected chi connectivity index (χ0v) is 8.32. The molecule has 4 heteroatoms.